The van der Waals surface area contributed by atoms with Crippen LogP contribution in [0.5, 0.6) is 5.75 Å². The van der Waals surface area contributed by atoms with Gasteiger partial charge in [0.1, 0.15) is 5.75 Å². The van der Waals surface area contributed by atoms with Gasteiger partial charge in [-0.15, -0.1) is 0 Å². The van der Waals surface area contributed by atoms with E-state index in [2.05, 4.69) is 0 Å². The summed E-state index contributed by atoms with van der Waals surface area (Å²) < 4.78 is 5.39. The molecule has 6 nitrogen and oxygen atoms in total. The number of carbonyl (C=O) groups excluding carboxylic acids is 2. The number of benzene rings is 1. The zero-order valence-corrected chi connectivity index (χ0v) is 9.69. The Labute approximate surface area is 98.9 Å². The quantitative estimate of drug-likeness (QED) is 0.667. The molecule has 1 aromatic carbocycles. The summed E-state index contributed by atoms with van der Waals surface area (Å²) in [6, 6.07) is 4.16. The monoisotopic (exact) mass is 237 g/mol. The Kier molecular flexibility index (Phi) is 3.92. The van der Waals surface area contributed by atoms with Gasteiger partial charge in [0, 0.05) is 5.69 Å². The first-order chi connectivity index (χ1) is 7.90. The van der Waals surface area contributed by atoms with Gasteiger partial charge in [0.25, 0.3) is 5.91 Å². The molecule has 0 heterocycles. The minimum Gasteiger partial charge on any atom is -0.481 e. The maximum atomic E-state index is 11.4. The molecule has 0 aliphatic heterocycles. The van der Waals surface area contributed by atoms with Gasteiger partial charge in [-0.2, -0.15) is 0 Å². The standard InChI is InChI=1S/C11H15N3O3/c1-6-5-8(12)3-4-9(6)17-7(2)10(15)14-11(13)16/h3-5,7H,12H2,1-2H3,(H3,13,14,15,16). The van der Waals surface area contributed by atoms with E-state index in [4.69, 9.17) is 16.2 Å². The van der Waals surface area contributed by atoms with Gasteiger partial charge in [-0.1, -0.05) is 0 Å². The molecule has 17 heavy (non-hydrogen) atoms. The van der Waals surface area contributed by atoms with Gasteiger partial charge < -0.3 is 16.2 Å². The highest BCUT2D eigenvalue weighted by molar-refractivity contribution is 5.95. The minimum atomic E-state index is -0.903. The van der Waals surface area contributed by atoms with E-state index in [1.165, 1.54) is 6.92 Å². The zero-order chi connectivity index (χ0) is 13.0. The highest BCUT2D eigenvalue weighted by Crippen LogP contribution is 2.21. The molecule has 0 saturated heterocycles. The van der Waals surface area contributed by atoms with Gasteiger partial charge >= 0.3 is 6.03 Å². The molecule has 0 fully saturated rings. The molecule has 92 valence electrons. The molecule has 1 unspecified atom stereocenters. The van der Waals surface area contributed by atoms with Crippen LogP contribution in [-0.2, 0) is 4.79 Å². The summed E-state index contributed by atoms with van der Waals surface area (Å²) in [4.78, 5) is 21.9. The summed E-state index contributed by atoms with van der Waals surface area (Å²) in [5, 5.41) is 1.94. The van der Waals surface area contributed by atoms with Crippen molar-refractivity contribution in [3.8, 4) is 5.75 Å². The number of nitrogen functional groups attached to an aromatic ring is 1. The molecular formula is C11H15N3O3. The molecule has 1 rings (SSSR count). The molecule has 0 radical (unpaired) electrons. The number of hydrogen-bond acceptors (Lipinski definition) is 4. The fraction of sp³-hybridized carbons (Fsp3) is 0.273. The fourth-order valence-corrected chi connectivity index (χ4v) is 1.27. The second-order valence-electron chi connectivity index (χ2n) is 3.64. The summed E-state index contributed by atoms with van der Waals surface area (Å²) >= 11 is 0. The number of ether oxygens (including phenoxy) is 1. The molecule has 3 amide bonds. The number of aryl methyl sites for hydroxylation is 1. The Morgan fingerprint density at radius 1 is 1.41 bits per heavy atom. The molecule has 0 bridgehead atoms. The van der Waals surface area contributed by atoms with Gasteiger partial charge in [-0.3, -0.25) is 10.1 Å². The van der Waals surface area contributed by atoms with Crippen molar-refractivity contribution in [3.63, 3.8) is 0 Å². The van der Waals surface area contributed by atoms with Gasteiger partial charge in [0.2, 0.25) is 0 Å². The highest BCUT2D eigenvalue weighted by atomic mass is 16.5. The number of hydrogen-bond donors (Lipinski definition) is 3. The minimum absolute atomic E-state index is 0.534. The Morgan fingerprint density at radius 3 is 2.59 bits per heavy atom. The largest absolute Gasteiger partial charge is 0.481 e. The number of rotatable bonds is 3. The number of carbonyl (C=O) groups is 2. The first kappa shape index (κ1) is 12.8. The lowest BCUT2D eigenvalue weighted by atomic mass is 10.2. The van der Waals surface area contributed by atoms with Crippen LogP contribution in [0, 0.1) is 6.92 Å². The Balaban J connectivity index is 2.70. The second kappa shape index (κ2) is 5.20. The number of imide groups is 1. The number of urea groups is 1. The maximum Gasteiger partial charge on any atom is 0.318 e. The molecule has 0 aromatic heterocycles. The molecule has 5 N–H and O–H groups in total. The van der Waals surface area contributed by atoms with Crippen molar-refractivity contribution in [1.29, 1.82) is 0 Å². The first-order valence-electron chi connectivity index (χ1n) is 5.03. The van der Waals surface area contributed by atoms with Crippen molar-refractivity contribution in [2.45, 2.75) is 20.0 Å². The maximum absolute atomic E-state index is 11.4. The van der Waals surface area contributed by atoms with Crippen molar-refractivity contribution < 1.29 is 14.3 Å². The van der Waals surface area contributed by atoms with Crippen molar-refractivity contribution in [2.75, 3.05) is 5.73 Å². The third kappa shape index (κ3) is 3.67. The third-order valence-corrected chi connectivity index (χ3v) is 2.12. The summed E-state index contributed by atoms with van der Waals surface area (Å²) in [7, 11) is 0. The van der Waals surface area contributed by atoms with E-state index in [1.54, 1.807) is 18.2 Å². The Bertz CT molecular complexity index is 446. The first-order valence-corrected chi connectivity index (χ1v) is 5.03. The van der Waals surface area contributed by atoms with Gasteiger partial charge in [-0.25, -0.2) is 4.79 Å². The number of primary amides is 1. The van der Waals surface area contributed by atoms with Gasteiger partial charge in [-0.05, 0) is 37.6 Å². The topological polar surface area (TPSA) is 107 Å². The van der Waals surface area contributed by atoms with E-state index in [1.807, 2.05) is 12.2 Å². The van der Waals surface area contributed by atoms with Crippen LogP contribution in [0.2, 0.25) is 0 Å². The number of nitrogens with two attached hydrogens (primary N) is 2. The molecule has 1 aromatic rings. The summed E-state index contributed by atoms with van der Waals surface area (Å²) in [5.74, 6) is -0.0555. The number of anilines is 1. The molecule has 0 saturated carbocycles. The predicted octanol–water partition coefficient (Wildman–Crippen LogP) is 0.539. The third-order valence-electron chi connectivity index (χ3n) is 2.12. The van der Waals surface area contributed by atoms with Gasteiger partial charge in [0.15, 0.2) is 6.10 Å². The van der Waals surface area contributed by atoms with Crippen molar-refractivity contribution in [3.05, 3.63) is 23.8 Å². The van der Waals surface area contributed by atoms with Gasteiger partial charge in [0.05, 0.1) is 0 Å². The van der Waals surface area contributed by atoms with Crippen molar-refractivity contribution >= 4 is 17.6 Å². The lowest BCUT2D eigenvalue weighted by Crippen LogP contribution is -2.42. The van der Waals surface area contributed by atoms with E-state index in [0.29, 0.717) is 11.4 Å². The Morgan fingerprint density at radius 2 is 2.06 bits per heavy atom. The highest BCUT2D eigenvalue weighted by Gasteiger charge is 2.16. The van der Waals surface area contributed by atoms with E-state index in [0.717, 1.165) is 5.56 Å². The van der Waals surface area contributed by atoms with Crippen LogP contribution >= 0.6 is 0 Å². The van der Waals surface area contributed by atoms with Crippen LogP contribution in [-0.4, -0.2) is 18.0 Å². The van der Waals surface area contributed by atoms with Crippen LogP contribution in [0.3, 0.4) is 0 Å². The van der Waals surface area contributed by atoms with E-state index < -0.39 is 18.0 Å². The predicted molar refractivity (Wildman–Crippen MR) is 63.4 cm³/mol. The van der Waals surface area contributed by atoms with E-state index >= 15 is 0 Å². The van der Waals surface area contributed by atoms with Crippen LogP contribution in [0.1, 0.15) is 12.5 Å². The van der Waals surface area contributed by atoms with E-state index in [-0.39, 0.29) is 0 Å². The lowest BCUT2D eigenvalue weighted by molar-refractivity contribution is -0.126. The molecule has 0 aliphatic rings. The molecule has 0 aliphatic carbocycles. The van der Waals surface area contributed by atoms with Crippen molar-refractivity contribution in [2.24, 2.45) is 5.73 Å². The zero-order valence-electron chi connectivity index (χ0n) is 9.69. The van der Waals surface area contributed by atoms with Crippen LogP contribution in [0.25, 0.3) is 0 Å². The molecule has 6 heteroatoms. The van der Waals surface area contributed by atoms with Crippen LogP contribution < -0.4 is 21.5 Å². The summed E-state index contributed by atoms with van der Waals surface area (Å²) in [5.41, 5.74) is 11.8. The average Bonchev–Trinajstić information content (AvgIpc) is 2.21. The molecule has 1 atom stereocenters. The average molecular weight is 237 g/mol. The number of amides is 3. The lowest BCUT2D eigenvalue weighted by Gasteiger charge is -2.15. The SMILES string of the molecule is Cc1cc(N)ccc1OC(C)C(=O)NC(N)=O. The van der Waals surface area contributed by atoms with E-state index in [9.17, 15) is 9.59 Å². The summed E-state index contributed by atoms with van der Waals surface area (Å²) in [6.45, 7) is 3.33. The Hall–Kier alpha value is -2.24. The van der Waals surface area contributed by atoms with Crippen LogP contribution in [0.15, 0.2) is 18.2 Å². The second-order valence-corrected chi connectivity index (χ2v) is 3.64. The van der Waals surface area contributed by atoms with Crippen LogP contribution in [0.4, 0.5) is 10.5 Å². The smallest absolute Gasteiger partial charge is 0.318 e. The fourth-order valence-electron chi connectivity index (χ4n) is 1.27. The normalized spacial score (nSPS) is 11.6. The van der Waals surface area contributed by atoms with Crippen molar-refractivity contribution in [1.82, 2.24) is 5.32 Å². The summed E-state index contributed by atoms with van der Waals surface area (Å²) in [6.07, 6.45) is -0.815. The number of nitrogens with one attached hydrogen (secondary N) is 1. The molecule has 0 spiro atoms. The molecular weight excluding hydrogens is 222 g/mol.